The molecule has 2 aromatic carbocycles. The lowest BCUT2D eigenvalue weighted by molar-refractivity contribution is -0.115. The third-order valence-corrected chi connectivity index (χ3v) is 3.09. The van der Waals surface area contributed by atoms with Gasteiger partial charge in [-0.15, -0.1) is 0 Å². The van der Waals surface area contributed by atoms with Crippen molar-refractivity contribution in [1.29, 1.82) is 0 Å². The molecule has 0 fully saturated rings. The molecule has 0 aromatic heterocycles. The van der Waals surface area contributed by atoms with Gasteiger partial charge >= 0.3 is 0 Å². The lowest BCUT2D eigenvalue weighted by Crippen LogP contribution is -2.16. The second-order valence-corrected chi connectivity index (χ2v) is 4.81. The molecule has 0 aliphatic heterocycles. The number of nitrogens with two attached hydrogens (primary N) is 1. The van der Waals surface area contributed by atoms with E-state index in [9.17, 15) is 13.6 Å². The van der Waals surface area contributed by atoms with Crippen LogP contribution in [0, 0.1) is 11.6 Å². The molecule has 0 saturated heterocycles. The molecule has 0 heterocycles. The number of hydrogen-bond donors (Lipinski definition) is 2. The monoisotopic (exact) mass is 306 g/mol. The Morgan fingerprint density at radius 2 is 1.67 bits per heavy atom. The van der Waals surface area contributed by atoms with Crippen LogP contribution in [0.15, 0.2) is 42.5 Å². The van der Waals surface area contributed by atoms with Crippen LogP contribution in [-0.2, 0) is 11.2 Å². The number of carbonyl (C=O) groups excluding carboxylic acids is 1. The van der Waals surface area contributed by atoms with Crippen LogP contribution in [0.5, 0.6) is 0 Å². The van der Waals surface area contributed by atoms with E-state index in [-0.39, 0.29) is 17.0 Å². The van der Waals surface area contributed by atoms with Crippen LogP contribution in [0.25, 0.3) is 0 Å². The molecule has 2 aromatic rings. The van der Waals surface area contributed by atoms with E-state index in [1.807, 2.05) is 0 Å². The zero-order chi connectivity index (χ0) is 15.4. The number of amides is 1. The van der Waals surface area contributed by atoms with Gasteiger partial charge in [0.15, 0.2) is 0 Å². The minimum Gasteiger partial charge on any atom is -0.389 e. The Bertz CT molecular complexity index is 666. The highest BCUT2D eigenvalue weighted by Crippen LogP contribution is 2.14. The van der Waals surface area contributed by atoms with Crippen LogP contribution < -0.4 is 11.1 Å². The zero-order valence-corrected chi connectivity index (χ0v) is 11.7. The van der Waals surface area contributed by atoms with Gasteiger partial charge in [0.25, 0.3) is 0 Å². The Morgan fingerprint density at radius 1 is 1.10 bits per heavy atom. The van der Waals surface area contributed by atoms with E-state index < -0.39 is 17.5 Å². The Kier molecular flexibility index (Phi) is 4.59. The second-order valence-electron chi connectivity index (χ2n) is 4.37. The van der Waals surface area contributed by atoms with Gasteiger partial charge in [0, 0.05) is 16.8 Å². The maximum atomic E-state index is 13.4. The molecule has 0 bridgehead atoms. The first-order chi connectivity index (χ1) is 9.97. The van der Waals surface area contributed by atoms with E-state index in [1.54, 1.807) is 24.3 Å². The van der Waals surface area contributed by atoms with Crippen molar-refractivity contribution in [1.82, 2.24) is 0 Å². The molecule has 3 nitrogen and oxygen atoms in total. The number of halogens is 2. The first kappa shape index (κ1) is 15.1. The summed E-state index contributed by atoms with van der Waals surface area (Å²) in [5.74, 6) is -2.00. The Morgan fingerprint density at radius 3 is 2.19 bits per heavy atom. The van der Waals surface area contributed by atoms with Crippen LogP contribution in [-0.4, -0.2) is 10.9 Å². The first-order valence-corrected chi connectivity index (χ1v) is 6.51. The summed E-state index contributed by atoms with van der Waals surface area (Å²) in [6.07, 6.45) is -0.379. The number of nitrogens with one attached hydrogen (secondary N) is 1. The zero-order valence-electron chi connectivity index (χ0n) is 10.9. The fraction of sp³-hybridized carbons (Fsp3) is 0.0667. The SMILES string of the molecule is NC(=S)c1ccc(NC(=O)Cc2c(F)cccc2F)cc1. The van der Waals surface area contributed by atoms with Crippen molar-refractivity contribution in [2.75, 3.05) is 5.32 Å². The first-order valence-electron chi connectivity index (χ1n) is 6.10. The van der Waals surface area contributed by atoms with Gasteiger partial charge in [-0.1, -0.05) is 18.3 Å². The summed E-state index contributed by atoms with van der Waals surface area (Å²) < 4.78 is 26.9. The lowest BCUT2D eigenvalue weighted by Gasteiger charge is -2.07. The molecule has 0 atom stereocenters. The third kappa shape index (κ3) is 3.82. The Labute approximate surface area is 125 Å². The molecule has 21 heavy (non-hydrogen) atoms. The summed E-state index contributed by atoms with van der Waals surface area (Å²) >= 11 is 4.82. The van der Waals surface area contributed by atoms with Gasteiger partial charge < -0.3 is 11.1 Å². The van der Waals surface area contributed by atoms with Gasteiger partial charge in [-0.2, -0.15) is 0 Å². The normalized spacial score (nSPS) is 10.2. The molecular weight excluding hydrogens is 294 g/mol. The number of hydrogen-bond acceptors (Lipinski definition) is 2. The van der Waals surface area contributed by atoms with Crippen LogP contribution in [0.4, 0.5) is 14.5 Å². The van der Waals surface area contributed by atoms with Crippen LogP contribution in [0.1, 0.15) is 11.1 Å². The van der Waals surface area contributed by atoms with Gasteiger partial charge in [0.1, 0.15) is 16.6 Å². The van der Waals surface area contributed by atoms with E-state index in [1.165, 1.54) is 6.07 Å². The molecule has 0 spiro atoms. The highest BCUT2D eigenvalue weighted by Gasteiger charge is 2.13. The summed E-state index contributed by atoms with van der Waals surface area (Å²) in [7, 11) is 0. The fourth-order valence-corrected chi connectivity index (χ4v) is 1.92. The molecule has 0 unspecified atom stereocenters. The maximum absolute atomic E-state index is 13.4. The lowest BCUT2D eigenvalue weighted by atomic mass is 10.1. The van der Waals surface area contributed by atoms with E-state index in [2.05, 4.69) is 5.32 Å². The van der Waals surface area contributed by atoms with Gasteiger partial charge in [0.2, 0.25) is 5.91 Å². The summed E-state index contributed by atoms with van der Waals surface area (Å²) in [6.45, 7) is 0. The largest absolute Gasteiger partial charge is 0.389 e. The van der Waals surface area contributed by atoms with Gasteiger partial charge in [0.05, 0.1) is 6.42 Å². The molecule has 1 amide bonds. The Balaban J connectivity index is 2.06. The van der Waals surface area contributed by atoms with Crippen LogP contribution >= 0.6 is 12.2 Å². The number of anilines is 1. The smallest absolute Gasteiger partial charge is 0.229 e. The number of benzene rings is 2. The van der Waals surface area contributed by atoms with Crippen LogP contribution in [0.3, 0.4) is 0 Å². The molecule has 0 aliphatic carbocycles. The highest BCUT2D eigenvalue weighted by molar-refractivity contribution is 7.80. The Hall–Kier alpha value is -2.34. The summed E-state index contributed by atoms with van der Waals surface area (Å²) in [4.78, 5) is 12.1. The topological polar surface area (TPSA) is 55.1 Å². The summed E-state index contributed by atoms with van der Waals surface area (Å²) in [5, 5.41) is 2.55. The third-order valence-electron chi connectivity index (χ3n) is 2.85. The number of rotatable bonds is 4. The van der Waals surface area contributed by atoms with Gasteiger partial charge in [-0.05, 0) is 36.4 Å². The van der Waals surface area contributed by atoms with Crippen molar-refractivity contribution in [3.05, 3.63) is 65.2 Å². The molecule has 3 N–H and O–H groups in total. The summed E-state index contributed by atoms with van der Waals surface area (Å²) in [5.41, 5.74) is 6.37. The van der Waals surface area contributed by atoms with Crippen molar-refractivity contribution in [2.45, 2.75) is 6.42 Å². The summed E-state index contributed by atoms with van der Waals surface area (Å²) in [6, 6.07) is 10.0. The predicted octanol–water partition coefficient (Wildman–Crippen LogP) is 2.78. The van der Waals surface area contributed by atoms with E-state index in [0.717, 1.165) is 12.1 Å². The molecule has 108 valence electrons. The highest BCUT2D eigenvalue weighted by atomic mass is 32.1. The van der Waals surface area contributed by atoms with Crippen molar-refractivity contribution in [3.8, 4) is 0 Å². The second kappa shape index (κ2) is 6.41. The molecule has 0 aliphatic rings. The minimum absolute atomic E-state index is 0.251. The molecule has 2 rings (SSSR count). The number of carbonyl (C=O) groups is 1. The van der Waals surface area contributed by atoms with E-state index >= 15 is 0 Å². The van der Waals surface area contributed by atoms with Gasteiger partial charge in [-0.3, -0.25) is 4.79 Å². The molecule has 6 heteroatoms. The van der Waals surface area contributed by atoms with Crippen molar-refractivity contribution < 1.29 is 13.6 Å². The standard InChI is InChI=1S/C15H12F2N2OS/c16-12-2-1-3-13(17)11(12)8-14(20)19-10-6-4-9(5-7-10)15(18)21/h1-7H,8H2,(H2,18,21)(H,19,20). The maximum Gasteiger partial charge on any atom is 0.229 e. The average Bonchev–Trinajstić information content (AvgIpc) is 2.43. The average molecular weight is 306 g/mol. The van der Waals surface area contributed by atoms with E-state index in [4.69, 9.17) is 18.0 Å². The van der Waals surface area contributed by atoms with Crippen molar-refractivity contribution in [3.63, 3.8) is 0 Å². The number of thiocarbonyl (C=S) groups is 1. The van der Waals surface area contributed by atoms with Crippen LogP contribution in [0.2, 0.25) is 0 Å². The molecule has 0 radical (unpaired) electrons. The predicted molar refractivity (Wildman–Crippen MR) is 81.0 cm³/mol. The van der Waals surface area contributed by atoms with E-state index in [0.29, 0.717) is 11.3 Å². The fourth-order valence-electron chi connectivity index (χ4n) is 1.78. The quantitative estimate of drug-likeness (QED) is 0.854. The van der Waals surface area contributed by atoms with Gasteiger partial charge in [-0.25, -0.2) is 8.78 Å². The minimum atomic E-state index is -0.742. The molecule has 0 saturated carbocycles. The van der Waals surface area contributed by atoms with Crippen molar-refractivity contribution >= 4 is 28.8 Å². The molecular formula is C15H12F2N2OS. The van der Waals surface area contributed by atoms with Crippen molar-refractivity contribution in [2.24, 2.45) is 5.73 Å².